The molecule has 1 saturated carbocycles. The zero-order chi connectivity index (χ0) is 9.73. The number of aliphatic hydroxyl groups is 1. The first-order valence-electron chi connectivity index (χ1n) is 4.59. The van der Waals surface area contributed by atoms with Crippen LogP contribution in [0.4, 0.5) is 0 Å². The highest BCUT2D eigenvalue weighted by molar-refractivity contribution is 7.81. The van der Waals surface area contributed by atoms with Crippen LogP contribution in [-0.4, -0.2) is 16.5 Å². The minimum atomic E-state index is -0.265. The first kappa shape index (κ1) is 10.4. The molecule has 1 fully saturated rings. The molecule has 12 heavy (non-hydrogen) atoms. The lowest BCUT2D eigenvalue weighted by molar-refractivity contribution is 0.0866. The minimum Gasteiger partial charge on any atom is -0.392 e. The predicted octanol–water partition coefficient (Wildman–Crippen LogP) is 2.35. The van der Waals surface area contributed by atoms with Crippen LogP contribution in [0.3, 0.4) is 0 Å². The largest absolute Gasteiger partial charge is 0.392 e. The van der Waals surface area contributed by atoms with Crippen molar-refractivity contribution in [1.29, 1.82) is 0 Å². The fourth-order valence-electron chi connectivity index (χ4n) is 2.10. The number of hydrogen-bond acceptors (Lipinski definition) is 2. The average Bonchev–Trinajstić information content (AvgIpc) is 2.05. The molecule has 1 aliphatic carbocycles. The van der Waals surface area contributed by atoms with Crippen molar-refractivity contribution in [2.24, 2.45) is 16.7 Å². The van der Waals surface area contributed by atoms with Gasteiger partial charge in [-0.05, 0) is 16.7 Å². The fourth-order valence-corrected chi connectivity index (χ4v) is 2.69. The Morgan fingerprint density at radius 1 is 1.08 bits per heavy atom. The van der Waals surface area contributed by atoms with E-state index < -0.39 is 0 Å². The van der Waals surface area contributed by atoms with E-state index >= 15 is 0 Å². The SMILES string of the molecule is C[C@H]1[C@H](O)[C@H](S)C(C)(C)C1(C)C. The zero-order valence-corrected chi connectivity index (χ0v) is 9.52. The van der Waals surface area contributed by atoms with E-state index in [1.165, 1.54) is 0 Å². The number of thiol groups is 1. The lowest BCUT2D eigenvalue weighted by Gasteiger charge is -2.39. The Balaban J connectivity index is 3.06. The lowest BCUT2D eigenvalue weighted by Crippen LogP contribution is -2.34. The Labute approximate surface area is 81.0 Å². The summed E-state index contributed by atoms with van der Waals surface area (Å²) in [4.78, 5) is 0. The molecule has 2 heteroatoms. The summed E-state index contributed by atoms with van der Waals surface area (Å²) in [6.07, 6.45) is -0.265. The van der Waals surface area contributed by atoms with Gasteiger partial charge >= 0.3 is 0 Å². The molecular weight excluding hydrogens is 168 g/mol. The van der Waals surface area contributed by atoms with Crippen molar-refractivity contribution in [3.05, 3.63) is 0 Å². The quantitative estimate of drug-likeness (QED) is 0.559. The Bertz CT molecular complexity index is 166. The van der Waals surface area contributed by atoms with Crippen LogP contribution in [0, 0.1) is 16.7 Å². The molecule has 0 radical (unpaired) electrons. The minimum absolute atomic E-state index is 0.0995. The first-order valence-corrected chi connectivity index (χ1v) is 5.10. The smallest absolute Gasteiger partial charge is 0.0692 e. The van der Waals surface area contributed by atoms with Gasteiger partial charge in [-0.15, -0.1) is 0 Å². The van der Waals surface area contributed by atoms with E-state index in [1.54, 1.807) is 0 Å². The molecule has 0 saturated heterocycles. The molecule has 0 aromatic carbocycles. The lowest BCUT2D eigenvalue weighted by atomic mass is 9.67. The van der Waals surface area contributed by atoms with Crippen LogP contribution in [0.5, 0.6) is 0 Å². The van der Waals surface area contributed by atoms with E-state index in [1.807, 2.05) is 0 Å². The summed E-state index contributed by atoms with van der Waals surface area (Å²) in [6.45, 7) is 10.9. The summed E-state index contributed by atoms with van der Waals surface area (Å²) in [6, 6.07) is 0. The van der Waals surface area contributed by atoms with Crippen LogP contribution in [0.15, 0.2) is 0 Å². The Hall–Kier alpha value is 0.310. The van der Waals surface area contributed by atoms with E-state index in [0.717, 1.165) is 0 Å². The summed E-state index contributed by atoms with van der Waals surface area (Å²) in [5.41, 5.74) is 0.272. The van der Waals surface area contributed by atoms with Crippen molar-refractivity contribution in [1.82, 2.24) is 0 Å². The molecule has 0 bridgehead atoms. The van der Waals surface area contributed by atoms with Crippen LogP contribution in [-0.2, 0) is 0 Å². The Morgan fingerprint density at radius 2 is 1.50 bits per heavy atom. The van der Waals surface area contributed by atoms with Crippen LogP contribution >= 0.6 is 12.6 Å². The van der Waals surface area contributed by atoms with E-state index in [-0.39, 0.29) is 22.2 Å². The van der Waals surface area contributed by atoms with Crippen LogP contribution < -0.4 is 0 Å². The van der Waals surface area contributed by atoms with Gasteiger partial charge in [-0.3, -0.25) is 0 Å². The van der Waals surface area contributed by atoms with Gasteiger partial charge in [0.1, 0.15) is 0 Å². The Morgan fingerprint density at radius 3 is 1.58 bits per heavy atom. The van der Waals surface area contributed by atoms with Crippen molar-refractivity contribution >= 4 is 12.6 Å². The van der Waals surface area contributed by atoms with Crippen LogP contribution in [0.2, 0.25) is 0 Å². The fraction of sp³-hybridized carbons (Fsp3) is 1.00. The van der Waals surface area contributed by atoms with Gasteiger partial charge in [0, 0.05) is 5.25 Å². The number of hydrogen-bond donors (Lipinski definition) is 2. The third-order valence-electron chi connectivity index (χ3n) is 4.37. The van der Waals surface area contributed by atoms with Crippen molar-refractivity contribution in [3.63, 3.8) is 0 Å². The molecule has 1 rings (SSSR count). The van der Waals surface area contributed by atoms with Gasteiger partial charge in [-0.2, -0.15) is 12.6 Å². The molecule has 1 nitrogen and oxygen atoms in total. The zero-order valence-electron chi connectivity index (χ0n) is 8.63. The topological polar surface area (TPSA) is 20.2 Å². The van der Waals surface area contributed by atoms with Crippen LogP contribution in [0.1, 0.15) is 34.6 Å². The molecular formula is C10H20OS. The van der Waals surface area contributed by atoms with E-state index in [4.69, 9.17) is 0 Å². The third-order valence-corrected chi connectivity index (χ3v) is 5.33. The van der Waals surface area contributed by atoms with Crippen LogP contribution in [0.25, 0.3) is 0 Å². The van der Waals surface area contributed by atoms with Gasteiger partial charge in [0.05, 0.1) is 6.10 Å². The molecule has 0 aliphatic heterocycles. The van der Waals surface area contributed by atoms with Gasteiger partial charge in [0.15, 0.2) is 0 Å². The second-order valence-electron chi connectivity index (χ2n) is 5.17. The van der Waals surface area contributed by atoms with E-state index in [0.29, 0.717) is 5.92 Å². The van der Waals surface area contributed by atoms with Crippen molar-refractivity contribution < 1.29 is 5.11 Å². The van der Waals surface area contributed by atoms with Crippen molar-refractivity contribution in [2.75, 3.05) is 0 Å². The Kier molecular flexibility index (Phi) is 2.29. The summed E-state index contributed by atoms with van der Waals surface area (Å²) in [5, 5.41) is 9.96. The number of rotatable bonds is 0. The van der Waals surface area contributed by atoms with Gasteiger partial charge in [0.2, 0.25) is 0 Å². The summed E-state index contributed by atoms with van der Waals surface area (Å²) >= 11 is 4.49. The standard InChI is InChI=1S/C10H20OS/c1-6-7(11)8(12)10(4,5)9(6,2)3/h6-8,11-12H,1-5H3/t6-,7-,8-/m0/s1. The monoisotopic (exact) mass is 188 g/mol. The molecule has 0 spiro atoms. The van der Waals surface area contributed by atoms with Crippen molar-refractivity contribution in [2.45, 2.75) is 46.0 Å². The molecule has 0 amide bonds. The van der Waals surface area contributed by atoms with Gasteiger partial charge in [-0.1, -0.05) is 34.6 Å². The molecule has 0 unspecified atom stereocenters. The molecule has 0 aromatic rings. The normalized spacial score (nSPS) is 44.8. The molecule has 1 aliphatic rings. The van der Waals surface area contributed by atoms with E-state index in [9.17, 15) is 5.11 Å². The molecule has 3 atom stereocenters. The molecule has 0 aromatic heterocycles. The van der Waals surface area contributed by atoms with Gasteiger partial charge in [-0.25, -0.2) is 0 Å². The average molecular weight is 188 g/mol. The maximum Gasteiger partial charge on any atom is 0.0692 e. The maximum absolute atomic E-state index is 9.86. The first-order chi connectivity index (χ1) is 5.23. The molecule has 72 valence electrons. The summed E-state index contributed by atoms with van der Waals surface area (Å²) in [7, 11) is 0. The third kappa shape index (κ3) is 1.04. The predicted molar refractivity (Wildman–Crippen MR) is 55.5 cm³/mol. The highest BCUT2D eigenvalue weighted by Gasteiger charge is 2.56. The van der Waals surface area contributed by atoms with Crippen molar-refractivity contribution in [3.8, 4) is 0 Å². The summed E-state index contributed by atoms with van der Waals surface area (Å²) in [5.74, 6) is 0.329. The molecule has 1 N–H and O–H groups in total. The van der Waals surface area contributed by atoms with E-state index in [2.05, 4.69) is 47.2 Å². The maximum atomic E-state index is 9.86. The number of aliphatic hydroxyl groups excluding tert-OH is 1. The highest BCUT2D eigenvalue weighted by atomic mass is 32.1. The molecule has 0 heterocycles. The van der Waals surface area contributed by atoms with Gasteiger partial charge in [0.25, 0.3) is 0 Å². The van der Waals surface area contributed by atoms with Gasteiger partial charge < -0.3 is 5.11 Å². The highest BCUT2D eigenvalue weighted by Crippen LogP contribution is 2.57. The summed E-state index contributed by atoms with van der Waals surface area (Å²) < 4.78 is 0. The second kappa shape index (κ2) is 2.65. The second-order valence-corrected chi connectivity index (χ2v) is 5.72.